The fourth-order valence-electron chi connectivity index (χ4n) is 3.93. The Morgan fingerprint density at radius 3 is 2.50 bits per heavy atom. The van der Waals surface area contributed by atoms with Crippen molar-refractivity contribution >= 4 is 0 Å². The minimum absolute atomic E-state index is 0.330. The molecule has 3 aliphatic rings. The highest BCUT2D eigenvalue weighted by atomic mass is 16.5. The van der Waals surface area contributed by atoms with Gasteiger partial charge in [0.25, 0.3) is 0 Å². The summed E-state index contributed by atoms with van der Waals surface area (Å²) in [4.78, 5) is 0. The first kappa shape index (κ1) is 11.0. The maximum atomic E-state index is 6.42. The lowest BCUT2D eigenvalue weighted by atomic mass is 9.74. The molecule has 2 heteroatoms. The topological polar surface area (TPSA) is 21.3 Å². The Balaban J connectivity index is 1.57. The summed E-state index contributed by atoms with van der Waals surface area (Å²) in [6, 6.07) is 0. The van der Waals surface area contributed by atoms with E-state index in [1.54, 1.807) is 0 Å². The zero-order valence-electron chi connectivity index (χ0n) is 10.6. The Morgan fingerprint density at radius 1 is 1.19 bits per heavy atom. The molecule has 0 radical (unpaired) electrons. The third kappa shape index (κ3) is 1.80. The molecule has 2 saturated heterocycles. The van der Waals surface area contributed by atoms with Gasteiger partial charge in [-0.3, -0.25) is 0 Å². The van der Waals surface area contributed by atoms with E-state index >= 15 is 0 Å². The third-order valence-corrected chi connectivity index (χ3v) is 5.26. The molecule has 2 nitrogen and oxygen atoms in total. The van der Waals surface area contributed by atoms with Crippen molar-refractivity contribution in [2.24, 2.45) is 5.41 Å². The monoisotopic (exact) mass is 223 g/mol. The lowest BCUT2D eigenvalue weighted by molar-refractivity contribution is -0.0605. The molecule has 1 N–H and O–H groups in total. The molecule has 0 aromatic heterocycles. The SMILES string of the molecule is CCC1(CC2CCC3(CCCC3)O2)CNC1. The molecule has 1 spiro atoms. The molecule has 0 bridgehead atoms. The third-order valence-electron chi connectivity index (χ3n) is 5.26. The van der Waals surface area contributed by atoms with E-state index in [4.69, 9.17) is 4.74 Å². The number of ether oxygens (including phenoxy) is 1. The molecule has 2 heterocycles. The molecular formula is C14H25NO. The standard InChI is InChI=1S/C14H25NO/c1-2-13(10-15-11-13)9-12-5-8-14(16-12)6-3-4-7-14/h12,15H,2-11H2,1H3. The Hall–Kier alpha value is -0.0800. The van der Waals surface area contributed by atoms with Crippen LogP contribution in [-0.2, 0) is 4.74 Å². The summed E-state index contributed by atoms with van der Waals surface area (Å²) in [6.45, 7) is 4.77. The summed E-state index contributed by atoms with van der Waals surface area (Å²) in [5, 5.41) is 3.43. The van der Waals surface area contributed by atoms with E-state index in [0.717, 1.165) is 0 Å². The molecule has 16 heavy (non-hydrogen) atoms. The van der Waals surface area contributed by atoms with Crippen LogP contribution in [0.15, 0.2) is 0 Å². The van der Waals surface area contributed by atoms with Crippen LogP contribution in [0.4, 0.5) is 0 Å². The van der Waals surface area contributed by atoms with Crippen LogP contribution in [0.1, 0.15) is 58.3 Å². The maximum Gasteiger partial charge on any atom is 0.0687 e. The maximum absolute atomic E-state index is 6.42. The predicted octanol–water partition coefficient (Wildman–Crippen LogP) is 2.87. The van der Waals surface area contributed by atoms with Crippen LogP contribution in [0.2, 0.25) is 0 Å². The van der Waals surface area contributed by atoms with Gasteiger partial charge < -0.3 is 10.1 Å². The summed E-state index contributed by atoms with van der Waals surface area (Å²) in [5.41, 5.74) is 0.908. The van der Waals surface area contributed by atoms with Gasteiger partial charge in [0.2, 0.25) is 0 Å². The lowest BCUT2D eigenvalue weighted by Gasteiger charge is -2.44. The van der Waals surface area contributed by atoms with Gasteiger partial charge in [-0.15, -0.1) is 0 Å². The number of hydrogen-bond donors (Lipinski definition) is 1. The molecule has 0 aromatic rings. The smallest absolute Gasteiger partial charge is 0.0687 e. The molecule has 1 unspecified atom stereocenters. The number of hydrogen-bond acceptors (Lipinski definition) is 2. The fourth-order valence-corrected chi connectivity index (χ4v) is 3.93. The van der Waals surface area contributed by atoms with Crippen molar-refractivity contribution in [3.63, 3.8) is 0 Å². The minimum atomic E-state index is 0.330. The van der Waals surface area contributed by atoms with Crippen molar-refractivity contribution < 1.29 is 4.74 Å². The second-order valence-electron chi connectivity index (χ2n) is 6.33. The van der Waals surface area contributed by atoms with Crippen LogP contribution in [0.25, 0.3) is 0 Å². The molecule has 3 rings (SSSR count). The molecule has 2 aliphatic heterocycles. The van der Waals surface area contributed by atoms with Gasteiger partial charge >= 0.3 is 0 Å². The first-order valence-electron chi connectivity index (χ1n) is 7.15. The molecule has 0 amide bonds. The van der Waals surface area contributed by atoms with Gasteiger partial charge in [-0.25, -0.2) is 0 Å². The van der Waals surface area contributed by atoms with Crippen LogP contribution in [0, 0.1) is 5.41 Å². The van der Waals surface area contributed by atoms with Crippen molar-refractivity contribution in [3.05, 3.63) is 0 Å². The normalized spacial score (nSPS) is 35.4. The average Bonchev–Trinajstić information content (AvgIpc) is 2.84. The summed E-state index contributed by atoms with van der Waals surface area (Å²) in [7, 11) is 0. The van der Waals surface area contributed by atoms with Gasteiger partial charge in [-0.1, -0.05) is 19.8 Å². The van der Waals surface area contributed by atoms with Crippen LogP contribution in [0.3, 0.4) is 0 Å². The summed E-state index contributed by atoms with van der Waals surface area (Å²) < 4.78 is 6.42. The van der Waals surface area contributed by atoms with Crippen LogP contribution in [0.5, 0.6) is 0 Å². The van der Waals surface area contributed by atoms with Crippen LogP contribution >= 0.6 is 0 Å². The van der Waals surface area contributed by atoms with Gasteiger partial charge in [0.15, 0.2) is 0 Å². The first-order valence-corrected chi connectivity index (χ1v) is 7.15. The van der Waals surface area contributed by atoms with E-state index in [2.05, 4.69) is 12.2 Å². The van der Waals surface area contributed by atoms with Crippen molar-refractivity contribution in [3.8, 4) is 0 Å². The van der Waals surface area contributed by atoms with E-state index in [0.29, 0.717) is 17.1 Å². The average molecular weight is 223 g/mol. The van der Waals surface area contributed by atoms with Crippen molar-refractivity contribution in [2.45, 2.75) is 70.0 Å². The first-order chi connectivity index (χ1) is 7.76. The van der Waals surface area contributed by atoms with Gasteiger partial charge in [0.1, 0.15) is 0 Å². The van der Waals surface area contributed by atoms with Crippen LogP contribution < -0.4 is 5.32 Å². The summed E-state index contributed by atoms with van der Waals surface area (Å²) in [6.07, 6.45) is 11.3. The van der Waals surface area contributed by atoms with Crippen molar-refractivity contribution in [2.75, 3.05) is 13.1 Å². The van der Waals surface area contributed by atoms with E-state index in [9.17, 15) is 0 Å². The highest BCUT2D eigenvalue weighted by molar-refractivity contribution is 4.98. The zero-order chi connectivity index (χ0) is 11.1. The van der Waals surface area contributed by atoms with E-state index < -0.39 is 0 Å². The van der Waals surface area contributed by atoms with Crippen molar-refractivity contribution in [1.29, 1.82) is 0 Å². The van der Waals surface area contributed by atoms with Crippen LogP contribution in [-0.4, -0.2) is 24.8 Å². The number of nitrogens with one attached hydrogen (secondary N) is 1. The number of rotatable bonds is 3. The molecular weight excluding hydrogens is 198 g/mol. The molecule has 0 aromatic carbocycles. The Bertz CT molecular complexity index is 248. The highest BCUT2D eigenvalue weighted by Gasteiger charge is 2.45. The fraction of sp³-hybridized carbons (Fsp3) is 1.00. The lowest BCUT2D eigenvalue weighted by Crippen LogP contribution is -2.54. The molecule has 3 fully saturated rings. The summed E-state index contributed by atoms with van der Waals surface area (Å²) in [5.74, 6) is 0. The van der Waals surface area contributed by atoms with E-state index in [1.165, 1.54) is 64.5 Å². The zero-order valence-corrected chi connectivity index (χ0v) is 10.6. The molecule has 1 atom stereocenters. The van der Waals surface area contributed by atoms with Gasteiger partial charge in [-0.2, -0.15) is 0 Å². The largest absolute Gasteiger partial charge is 0.372 e. The highest BCUT2D eigenvalue weighted by Crippen LogP contribution is 2.46. The Labute approximate surface area is 99.1 Å². The predicted molar refractivity (Wildman–Crippen MR) is 65.5 cm³/mol. The van der Waals surface area contributed by atoms with Gasteiger partial charge in [0, 0.05) is 13.1 Å². The molecule has 92 valence electrons. The summed E-state index contributed by atoms with van der Waals surface area (Å²) >= 11 is 0. The second kappa shape index (κ2) is 3.99. The second-order valence-corrected chi connectivity index (χ2v) is 6.33. The molecule has 1 aliphatic carbocycles. The van der Waals surface area contributed by atoms with E-state index in [1.807, 2.05) is 0 Å². The minimum Gasteiger partial charge on any atom is -0.372 e. The quantitative estimate of drug-likeness (QED) is 0.794. The van der Waals surface area contributed by atoms with Gasteiger partial charge in [0.05, 0.1) is 11.7 Å². The van der Waals surface area contributed by atoms with Gasteiger partial charge in [-0.05, 0) is 43.9 Å². The molecule has 1 saturated carbocycles. The Kier molecular flexibility index (Phi) is 2.75. The Morgan fingerprint density at radius 2 is 1.94 bits per heavy atom. The van der Waals surface area contributed by atoms with E-state index in [-0.39, 0.29) is 0 Å². The van der Waals surface area contributed by atoms with Crippen molar-refractivity contribution in [1.82, 2.24) is 5.32 Å².